The fraction of sp³-hybridized carbons (Fsp3) is 0.273. The van der Waals surface area contributed by atoms with Crippen molar-refractivity contribution in [2.75, 3.05) is 7.11 Å². The highest BCUT2D eigenvalue weighted by Crippen LogP contribution is 2.29. The van der Waals surface area contributed by atoms with Crippen molar-refractivity contribution in [3.05, 3.63) is 28.3 Å². The molecule has 86 valence electrons. The van der Waals surface area contributed by atoms with Gasteiger partial charge >= 0.3 is 11.9 Å². The van der Waals surface area contributed by atoms with Gasteiger partial charge in [0.2, 0.25) is 0 Å². The Kier molecular flexibility index (Phi) is 3.17. The number of carbonyl (C=O) groups is 2. The van der Waals surface area contributed by atoms with Gasteiger partial charge in [-0.1, -0.05) is 0 Å². The van der Waals surface area contributed by atoms with Gasteiger partial charge in [0.15, 0.2) is 0 Å². The summed E-state index contributed by atoms with van der Waals surface area (Å²) < 4.78 is 4.96. The maximum Gasteiger partial charge on any atom is 0.340 e. The highest BCUT2D eigenvalue weighted by Gasteiger charge is 2.23. The van der Waals surface area contributed by atoms with E-state index in [1.807, 2.05) is 0 Å². The molecule has 0 aromatic heterocycles. The molecule has 5 nitrogen and oxygen atoms in total. The van der Waals surface area contributed by atoms with Crippen LogP contribution in [0.25, 0.3) is 0 Å². The molecule has 0 bridgehead atoms. The minimum atomic E-state index is -1.31. The van der Waals surface area contributed by atoms with Crippen LogP contribution in [0, 0.1) is 13.8 Å². The van der Waals surface area contributed by atoms with E-state index in [1.165, 1.54) is 13.2 Å². The Bertz CT molecular complexity index is 462. The van der Waals surface area contributed by atoms with Gasteiger partial charge < -0.3 is 14.9 Å². The third kappa shape index (κ3) is 1.84. The average Bonchev–Trinajstić information content (AvgIpc) is 2.20. The number of benzene rings is 1. The summed E-state index contributed by atoms with van der Waals surface area (Å²) in [5.74, 6) is -2.49. The maximum atomic E-state index is 11.0. The van der Waals surface area contributed by atoms with Crippen LogP contribution in [-0.2, 0) is 0 Å². The van der Waals surface area contributed by atoms with Crippen molar-refractivity contribution in [1.82, 2.24) is 0 Å². The summed E-state index contributed by atoms with van der Waals surface area (Å²) in [6.45, 7) is 3.39. The molecule has 0 saturated carbocycles. The normalized spacial score (nSPS) is 9.94. The molecule has 0 atom stereocenters. The Balaban J connectivity index is 3.69. The van der Waals surface area contributed by atoms with Crippen LogP contribution in [0.2, 0.25) is 0 Å². The SMILES string of the molecule is COc1c(C)c(C)cc(C(=O)O)c1C(=O)O. The van der Waals surface area contributed by atoms with E-state index in [4.69, 9.17) is 14.9 Å². The van der Waals surface area contributed by atoms with Gasteiger partial charge in [-0.05, 0) is 31.0 Å². The second kappa shape index (κ2) is 4.22. The molecule has 0 unspecified atom stereocenters. The van der Waals surface area contributed by atoms with Gasteiger partial charge in [-0.15, -0.1) is 0 Å². The number of aromatic carboxylic acids is 2. The maximum absolute atomic E-state index is 11.0. The number of methoxy groups -OCH3 is 1. The predicted molar refractivity (Wildman–Crippen MR) is 56.4 cm³/mol. The highest BCUT2D eigenvalue weighted by atomic mass is 16.5. The Morgan fingerprint density at radius 3 is 2.12 bits per heavy atom. The molecule has 0 amide bonds. The van der Waals surface area contributed by atoms with E-state index in [9.17, 15) is 9.59 Å². The Morgan fingerprint density at radius 1 is 1.19 bits per heavy atom. The van der Waals surface area contributed by atoms with E-state index in [2.05, 4.69) is 0 Å². The summed E-state index contributed by atoms with van der Waals surface area (Å²) in [4.78, 5) is 22.0. The fourth-order valence-electron chi connectivity index (χ4n) is 1.52. The van der Waals surface area contributed by atoms with Gasteiger partial charge in [0.05, 0.1) is 12.7 Å². The number of aryl methyl sites for hydroxylation is 1. The van der Waals surface area contributed by atoms with Crippen LogP contribution in [0.1, 0.15) is 31.8 Å². The summed E-state index contributed by atoms with van der Waals surface area (Å²) in [6, 6.07) is 1.34. The molecule has 5 heteroatoms. The zero-order chi connectivity index (χ0) is 12.5. The third-order valence-electron chi connectivity index (χ3n) is 2.44. The van der Waals surface area contributed by atoms with Crippen molar-refractivity contribution in [3.8, 4) is 5.75 Å². The number of carboxylic acid groups (broad SMARTS) is 2. The Hall–Kier alpha value is -2.04. The minimum Gasteiger partial charge on any atom is -0.496 e. The van der Waals surface area contributed by atoms with Crippen LogP contribution >= 0.6 is 0 Å². The van der Waals surface area contributed by atoms with E-state index < -0.39 is 11.9 Å². The molecule has 0 saturated heterocycles. The first-order valence-corrected chi connectivity index (χ1v) is 4.55. The second-order valence-corrected chi connectivity index (χ2v) is 3.38. The highest BCUT2D eigenvalue weighted by molar-refractivity contribution is 6.04. The first kappa shape index (κ1) is 12.0. The van der Waals surface area contributed by atoms with Crippen molar-refractivity contribution >= 4 is 11.9 Å². The minimum absolute atomic E-state index is 0.102. The topological polar surface area (TPSA) is 83.8 Å². The van der Waals surface area contributed by atoms with Gasteiger partial charge in [-0.3, -0.25) is 0 Å². The largest absolute Gasteiger partial charge is 0.496 e. The molecule has 0 fully saturated rings. The van der Waals surface area contributed by atoms with Crippen LogP contribution in [-0.4, -0.2) is 29.3 Å². The molecule has 16 heavy (non-hydrogen) atoms. The summed E-state index contributed by atoms with van der Waals surface area (Å²) >= 11 is 0. The quantitative estimate of drug-likeness (QED) is 0.816. The average molecular weight is 224 g/mol. The van der Waals surface area contributed by atoms with E-state index in [0.29, 0.717) is 11.1 Å². The van der Waals surface area contributed by atoms with Gasteiger partial charge in [0, 0.05) is 0 Å². The molecular formula is C11H12O5. The first-order valence-electron chi connectivity index (χ1n) is 4.55. The van der Waals surface area contributed by atoms with E-state index in [0.717, 1.165) is 0 Å². The molecule has 1 aromatic rings. The molecule has 1 aromatic carbocycles. The van der Waals surface area contributed by atoms with Gasteiger partial charge in [0.25, 0.3) is 0 Å². The van der Waals surface area contributed by atoms with Crippen LogP contribution in [0.5, 0.6) is 5.75 Å². The Morgan fingerprint density at radius 2 is 1.75 bits per heavy atom. The van der Waals surface area contributed by atoms with Gasteiger partial charge in [-0.25, -0.2) is 9.59 Å². The summed E-state index contributed by atoms with van der Waals surface area (Å²) in [6.07, 6.45) is 0. The van der Waals surface area contributed by atoms with Crippen molar-refractivity contribution in [3.63, 3.8) is 0 Å². The second-order valence-electron chi connectivity index (χ2n) is 3.38. The van der Waals surface area contributed by atoms with E-state index in [-0.39, 0.29) is 16.9 Å². The lowest BCUT2D eigenvalue weighted by atomic mass is 9.98. The number of rotatable bonds is 3. The van der Waals surface area contributed by atoms with Crippen LogP contribution in [0.15, 0.2) is 6.07 Å². The predicted octanol–water partition coefficient (Wildman–Crippen LogP) is 1.71. The molecule has 0 heterocycles. The molecule has 1 rings (SSSR count). The van der Waals surface area contributed by atoms with Crippen molar-refractivity contribution in [2.24, 2.45) is 0 Å². The standard InChI is InChI=1S/C11H12O5/c1-5-4-7(10(12)13)8(11(14)15)9(16-3)6(5)2/h4H,1-3H3,(H,12,13)(H,14,15). The van der Waals surface area contributed by atoms with E-state index >= 15 is 0 Å². The van der Waals surface area contributed by atoms with Crippen molar-refractivity contribution < 1.29 is 24.5 Å². The van der Waals surface area contributed by atoms with Crippen LogP contribution in [0.4, 0.5) is 0 Å². The lowest BCUT2D eigenvalue weighted by Gasteiger charge is -2.13. The van der Waals surface area contributed by atoms with E-state index in [1.54, 1.807) is 13.8 Å². The van der Waals surface area contributed by atoms with Crippen molar-refractivity contribution in [2.45, 2.75) is 13.8 Å². The van der Waals surface area contributed by atoms with Gasteiger partial charge in [0.1, 0.15) is 11.3 Å². The summed E-state index contributed by atoms with van der Waals surface area (Å²) in [7, 11) is 1.32. The van der Waals surface area contributed by atoms with Crippen molar-refractivity contribution in [1.29, 1.82) is 0 Å². The molecular weight excluding hydrogens is 212 g/mol. The number of ether oxygens (including phenoxy) is 1. The summed E-state index contributed by atoms with van der Waals surface area (Å²) in [5.41, 5.74) is 0.745. The summed E-state index contributed by atoms with van der Waals surface area (Å²) in [5, 5.41) is 17.9. The first-order chi connectivity index (χ1) is 7.40. The number of hydrogen-bond acceptors (Lipinski definition) is 3. The molecule has 2 N–H and O–H groups in total. The number of carboxylic acids is 2. The lowest BCUT2D eigenvalue weighted by molar-refractivity contribution is 0.0648. The number of hydrogen-bond donors (Lipinski definition) is 2. The van der Waals surface area contributed by atoms with Crippen LogP contribution < -0.4 is 4.74 Å². The smallest absolute Gasteiger partial charge is 0.340 e. The third-order valence-corrected chi connectivity index (χ3v) is 2.44. The van der Waals surface area contributed by atoms with Gasteiger partial charge in [-0.2, -0.15) is 0 Å². The molecule has 0 aliphatic rings. The molecule has 0 radical (unpaired) electrons. The monoisotopic (exact) mass is 224 g/mol. The zero-order valence-electron chi connectivity index (χ0n) is 9.20. The Labute approximate surface area is 92.3 Å². The lowest BCUT2D eigenvalue weighted by Crippen LogP contribution is -2.12. The fourth-order valence-corrected chi connectivity index (χ4v) is 1.52. The molecule has 0 spiro atoms. The van der Waals surface area contributed by atoms with Crippen LogP contribution in [0.3, 0.4) is 0 Å². The zero-order valence-corrected chi connectivity index (χ0v) is 9.20. The molecule has 0 aliphatic carbocycles. The molecule has 0 aliphatic heterocycles.